The smallest absolute Gasteiger partial charge is 0.256 e. The van der Waals surface area contributed by atoms with E-state index < -0.39 is 0 Å². The number of hydrogen-bond acceptors (Lipinski definition) is 3. The van der Waals surface area contributed by atoms with Crippen LogP contribution in [0, 0.1) is 0 Å². The van der Waals surface area contributed by atoms with Crippen LogP contribution in [0.3, 0.4) is 0 Å². The maximum atomic E-state index is 4.84. The van der Waals surface area contributed by atoms with Crippen LogP contribution in [0.15, 0.2) is 24.4 Å². The van der Waals surface area contributed by atoms with Gasteiger partial charge in [0, 0.05) is 12.3 Å². The molecule has 0 N–H and O–H groups in total. The zero-order valence-electron chi connectivity index (χ0n) is 6.49. The first-order valence-corrected chi connectivity index (χ1v) is 3.64. The van der Waals surface area contributed by atoms with Crippen LogP contribution >= 0.6 is 0 Å². The van der Waals surface area contributed by atoms with E-state index in [1.807, 2.05) is 19.1 Å². The van der Waals surface area contributed by atoms with E-state index in [1.54, 1.807) is 12.3 Å². The molecule has 0 fully saturated rings. The number of pyridine rings is 1. The van der Waals surface area contributed by atoms with Crippen molar-refractivity contribution < 1.29 is 9.78 Å². The minimum atomic E-state index is 0.501. The highest BCUT2D eigenvalue weighted by Crippen LogP contribution is 2.02. The number of aromatic nitrogens is 1. The number of nitrogens with zero attached hydrogens (tertiary/aromatic N) is 1. The Bertz CT molecular complexity index is 189. The summed E-state index contributed by atoms with van der Waals surface area (Å²) in [7, 11) is 0. The largest absolute Gasteiger partial charge is 0.317 e. The molecule has 0 saturated heterocycles. The molecule has 1 rings (SSSR count). The fourth-order valence-corrected chi connectivity index (χ4v) is 0.582. The average molecular weight is 153 g/mol. The zero-order chi connectivity index (χ0) is 7.94. The second kappa shape index (κ2) is 4.68. The van der Waals surface area contributed by atoms with Gasteiger partial charge >= 0.3 is 0 Å². The van der Waals surface area contributed by atoms with Gasteiger partial charge in [0.1, 0.15) is 0 Å². The lowest BCUT2D eigenvalue weighted by atomic mass is 10.5. The van der Waals surface area contributed by atoms with Crippen molar-refractivity contribution in [2.75, 3.05) is 6.61 Å². The quantitative estimate of drug-likeness (QED) is 0.375. The van der Waals surface area contributed by atoms with E-state index in [9.17, 15) is 0 Å². The Balaban J connectivity index is 2.28. The van der Waals surface area contributed by atoms with Gasteiger partial charge in [0.2, 0.25) is 0 Å². The fourth-order valence-electron chi connectivity index (χ4n) is 0.582. The van der Waals surface area contributed by atoms with Gasteiger partial charge in [-0.3, -0.25) is 0 Å². The van der Waals surface area contributed by atoms with E-state index in [-0.39, 0.29) is 0 Å². The molecule has 3 heteroatoms. The van der Waals surface area contributed by atoms with E-state index in [2.05, 4.69) is 4.98 Å². The topological polar surface area (TPSA) is 31.4 Å². The Kier molecular flexibility index (Phi) is 3.41. The molecule has 0 aliphatic heterocycles. The molecule has 0 saturated carbocycles. The summed E-state index contributed by atoms with van der Waals surface area (Å²) in [6.45, 7) is 2.61. The summed E-state index contributed by atoms with van der Waals surface area (Å²) in [4.78, 5) is 13.5. The first-order valence-electron chi connectivity index (χ1n) is 3.64. The summed E-state index contributed by atoms with van der Waals surface area (Å²) in [6, 6.07) is 5.42. The maximum Gasteiger partial charge on any atom is 0.256 e. The summed E-state index contributed by atoms with van der Waals surface area (Å²) in [5.74, 6) is 0.501. The second-order valence-electron chi connectivity index (χ2n) is 2.07. The van der Waals surface area contributed by atoms with E-state index >= 15 is 0 Å². The van der Waals surface area contributed by atoms with Crippen molar-refractivity contribution in [3.63, 3.8) is 0 Å². The van der Waals surface area contributed by atoms with Crippen LogP contribution in [0.25, 0.3) is 0 Å². The van der Waals surface area contributed by atoms with Crippen molar-refractivity contribution in [3.8, 4) is 5.88 Å². The second-order valence-corrected chi connectivity index (χ2v) is 2.07. The summed E-state index contributed by atoms with van der Waals surface area (Å²) in [5.41, 5.74) is 0. The first kappa shape index (κ1) is 8.01. The van der Waals surface area contributed by atoms with Crippen molar-refractivity contribution in [2.24, 2.45) is 0 Å². The molecule has 0 radical (unpaired) electrons. The number of rotatable bonds is 4. The highest BCUT2D eigenvalue weighted by molar-refractivity contribution is 5.07. The normalized spacial score (nSPS) is 9.55. The van der Waals surface area contributed by atoms with Crippen molar-refractivity contribution >= 4 is 0 Å². The van der Waals surface area contributed by atoms with Crippen molar-refractivity contribution in [2.45, 2.75) is 13.3 Å². The monoisotopic (exact) mass is 153 g/mol. The molecule has 0 aliphatic carbocycles. The third kappa shape index (κ3) is 3.00. The van der Waals surface area contributed by atoms with Gasteiger partial charge in [-0.1, -0.05) is 13.0 Å². The molecule has 1 aromatic heterocycles. The molecule has 0 atom stereocenters. The third-order valence-electron chi connectivity index (χ3n) is 1.07. The molecule has 0 unspecified atom stereocenters. The Morgan fingerprint density at radius 1 is 1.45 bits per heavy atom. The lowest BCUT2D eigenvalue weighted by Crippen LogP contribution is -1.98. The molecule has 0 aliphatic rings. The van der Waals surface area contributed by atoms with Crippen molar-refractivity contribution in [1.82, 2.24) is 4.98 Å². The Labute approximate surface area is 65.9 Å². The molecule has 0 aromatic carbocycles. The van der Waals surface area contributed by atoms with Crippen LogP contribution in [0.1, 0.15) is 13.3 Å². The molecule has 0 amide bonds. The molecular formula is C8H11NO2. The van der Waals surface area contributed by atoms with Gasteiger partial charge in [0.25, 0.3) is 5.88 Å². The molecule has 3 nitrogen and oxygen atoms in total. The predicted molar refractivity (Wildman–Crippen MR) is 41.1 cm³/mol. The Hall–Kier alpha value is -1.09. The Morgan fingerprint density at radius 3 is 3.00 bits per heavy atom. The van der Waals surface area contributed by atoms with Gasteiger partial charge in [-0.2, -0.15) is 4.89 Å². The summed E-state index contributed by atoms with van der Waals surface area (Å²) < 4.78 is 0. The first-order chi connectivity index (χ1) is 5.43. The van der Waals surface area contributed by atoms with Gasteiger partial charge in [0.05, 0.1) is 6.61 Å². The lowest BCUT2D eigenvalue weighted by molar-refractivity contribution is -0.209. The van der Waals surface area contributed by atoms with E-state index in [1.165, 1.54) is 0 Å². The summed E-state index contributed by atoms with van der Waals surface area (Å²) >= 11 is 0. The standard InChI is InChI=1S/C8H11NO2/c1-2-7-10-11-8-5-3-4-6-9-8/h3-6H,2,7H2,1H3. The van der Waals surface area contributed by atoms with Crippen molar-refractivity contribution in [1.29, 1.82) is 0 Å². The van der Waals surface area contributed by atoms with Gasteiger partial charge in [0.15, 0.2) is 0 Å². The van der Waals surface area contributed by atoms with Crippen LogP contribution in [-0.4, -0.2) is 11.6 Å². The SMILES string of the molecule is CCCOOc1ccccn1. The Morgan fingerprint density at radius 2 is 2.36 bits per heavy atom. The molecule has 0 bridgehead atoms. The third-order valence-corrected chi connectivity index (χ3v) is 1.07. The molecule has 1 aromatic rings. The zero-order valence-corrected chi connectivity index (χ0v) is 6.49. The predicted octanol–water partition coefficient (Wildman–Crippen LogP) is 1.80. The van der Waals surface area contributed by atoms with Gasteiger partial charge in [-0.05, 0) is 12.5 Å². The summed E-state index contributed by atoms with van der Waals surface area (Å²) in [6.07, 6.45) is 2.59. The van der Waals surface area contributed by atoms with Gasteiger partial charge in [-0.15, -0.1) is 0 Å². The van der Waals surface area contributed by atoms with Gasteiger partial charge in [-0.25, -0.2) is 4.98 Å². The maximum absolute atomic E-state index is 4.84. The highest BCUT2D eigenvalue weighted by Gasteiger charge is 1.91. The van der Waals surface area contributed by atoms with E-state index in [0.717, 1.165) is 6.42 Å². The highest BCUT2D eigenvalue weighted by atomic mass is 17.2. The van der Waals surface area contributed by atoms with E-state index in [0.29, 0.717) is 12.5 Å². The van der Waals surface area contributed by atoms with Crippen molar-refractivity contribution in [3.05, 3.63) is 24.4 Å². The minimum Gasteiger partial charge on any atom is -0.317 e. The van der Waals surface area contributed by atoms with Crippen LogP contribution in [0.5, 0.6) is 5.88 Å². The van der Waals surface area contributed by atoms with Crippen LogP contribution in [0.4, 0.5) is 0 Å². The number of hydrogen-bond donors (Lipinski definition) is 0. The summed E-state index contributed by atoms with van der Waals surface area (Å²) in [5, 5.41) is 0. The van der Waals surface area contributed by atoms with Crippen LogP contribution in [0.2, 0.25) is 0 Å². The minimum absolute atomic E-state index is 0.501. The molecule has 60 valence electrons. The fraction of sp³-hybridized carbons (Fsp3) is 0.375. The lowest BCUT2D eigenvalue weighted by Gasteiger charge is -2.00. The molecule has 0 spiro atoms. The van der Waals surface area contributed by atoms with E-state index in [4.69, 9.17) is 9.78 Å². The molecule has 11 heavy (non-hydrogen) atoms. The molecule has 1 heterocycles. The van der Waals surface area contributed by atoms with Gasteiger partial charge < -0.3 is 4.89 Å². The average Bonchev–Trinajstić information content (AvgIpc) is 2.07. The van der Waals surface area contributed by atoms with Crippen LogP contribution in [-0.2, 0) is 4.89 Å². The van der Waals surface area contributed by atoms with Crippen LogP contribution < -0.4 is 4.89 Å². The molecular weight excluding hydrogens is 142 g/mol.